The van der Waals surface area contributed by atoms with Gasteiger partial charge in [-0.05, 0) is 61.5 Å². The molecule has 1 heterocycles. The molecule has 0 radical (unpaired) electrons. The Labute approximate surface area is 122 Å². The highest BCUT2D eigenvalue weighted by Crippen LogP contribution is 2.58. The van der Waals surface area contributed by atoms with E-state index >= 15 is 0 Å². The first-order valence-corrected chi connectivity index (χ1v) is 7.77. The third kappa shape index (κ3) is 1.98. The van der Waals surface area contributed by atoms with Crippen LogP contribution in [0.2, 0.25) is 0 Å². The molecule has 112 valence electrons. The van der Waals surface area contributed by atoms with Crippen LogP contribution in [0.15, 0.2) is 16.5 Å². The summed E-state index contributed by atoms with van der Waals surface area (Å²) in [5.41, 5.74) is 0. The van der Waals surface area contributed by atoms with Crippen LogP contribution in [0, 0.1) is 23.7 Å². The van der Waals surface area contributed by atoms with E-state index in [2.05, 4.69) is 5.32 Å². The number of carboxylic acids is 1. The summed E-state index contributed by atoms with van der Waals surface area (Å²) >= 11 is 0. The fourth-order valence-corrected chi connectivity index (χ4v) is 5.05. The molecular formula is C16H19NO4. The molecule has 0 saturated heterocycles. The van der Waals surface area contributed by atoms with Crippen molar-refractivity contribution in [3.8, 4) is 0 Å². The molecular weight excluding hydrogens is 270 g/mol. The van der Waals surface area contributed by atoms with Crippen LogP contribution in [0.5, 0.6) is 0 Å². The van der Waals surface area contributed by atoms with Gasteiger partial charge >= 0.3 is 5.97 Å². The largest absolute Gasteiger partial charge is 0.475 e. The molecule has 5 nitrogen and oxygen atoms in total. The summed E-state index contributed by atoms with van der Waals surface area (Å²) in [7, 11) is 0. The second kappa shape index (κ2) is 4.61. The second-order valence-corrected chi connectivity index (χ2v) is 6.70. The van der Waals surface area contributed by atoms with Gasteiger partial charge in [0.2, 0.25) is 5.76 Å². The molecule has 3 aliphatic carbocycles. The molecule has 5 atom stereocenters. The Morgan fingerprint density at radius 2 is 1.86 bits per heavy atom. The van der Waals surface area contributed by atoms with Crippen LogP contribution in [-0.2, 0) is 0 Å². The monoisotopic (exact) mass is 289 g/mol. The van der Waals surface area contributed by atoms with Crippen molar-refractivity contribution in [2.75, 3.05) is 0 Å². The Balaban J connectivity index is 1.44. The minimum atomic E-state index is -1.15. The van der Waals surface area contributed by atoms with E-state index < -0.39 is 5.97 Å². The van der Waals surface area contributed by atoms with Gasteiger partial charge < -0.3 is 14.8 Å². The molecule has 0 spiro atoms. The second-order valence-electron chi connectivity index (χ2n) is 6.70. The van der Waals surface area contributed by atoms with Crippen molar-refractivity contribution in [3.63, 3.8) is 0 Å². The van der Waals surface area contributed by atoms with Crippen LogP contribution in [0.1, 0.15) is 53.2 Å². The van der Waals surface area contributed by atoms with Gasteiger partial charge in [-0.1, -0.05) is 6.42 Å². The number of furan rings is 1. The predicted octanol–water partition coefficient (Wildman–Crippen LogP) is 2.53. The number of hydrogen-bond donors (Lipinski definition) is 2. The fraction of sp³-hybridized carbons (Fsp3) is 0.625. The van der Waals surface area contributed by atoms with Crippen molar-refractivity contribution >= 4 is 11.9 Å². The maximum absolute atomic E-state index is 12.2. The molecule has 1 aromatic heterocycles. The molecule has 1 amide bonds. The van der Waals surface area contributed by atoms with Crippen LogP contribution in [0.25, 0.3) is 0 Å². The highest BCUT2D eigenvalue weighted by molar-refractivity contribution is 5.93. The molecule has 5 heteroatoms. The molecule has 3 saturated carbocycles. The lowest BCUT2D eigenvalue weighted by atomic mass is 9.79. The summed E-state index contributed by atoms with van der Waals surface area (Å²) < 4.78 is 5.07. The van der Waals surface area contributed by atoms with Crippen molar-refractivity contribution in [2.45, 2.75) is 38.1 Å². The molecule has 3 aliphatic rings. The van der Waals surface area contributed by atoms with Crippen LogP contribution in [0.4, 0.5) is 0 Å². The van der Waals surface area contributed by atoms with Gasteiger partial charge in [0.15, 0.2) is 5.76 Å². The van der Waals surface area contributed by atoms with Gasteiger partial charge in [0, 0.05) is 6.04 Å². The molecule has 2 N–H and O–H groups in total. The average Bonchev–Trinajstić information content (AvgIpc) is 3.20. The molecule has 3 fully saturated rings. The number of carbonyl (C=O) groups is 2. The van der Waals surface area contributed by atoms with E-state index in [9.17, 15) is 9.59 Å². The number of carbonyl (C=O) groups excluding carboxylic acids is 1. The SMILES string of the molecule is O=C(O)c1ccc(C(=O)NC2CC3CC2C2CCCC32)o1. The number of rotatable bonds is 3. The van der Waals surface area contributed by atoms with Crippen molar-refractivity contribution in [2.24, 2.45) is 23.7 Å². The molecule has 21 heavy (non-hydrogen) atoms. The minimum absolute atomic E-state index is 0.0955. The molecule has 1 aromatic rings. The third-order valence-corrected chi connectivity index (χ3v) is 5.79. The number of carboxylic acid groups (broad SMARTS) is 1. The third-order valence-electron chi connectivity index (χ3n) is 5.79. The summed E-state index contributed by atoms with van der Waals surface area (Å²) in [6, 6.07) is 3.00. The Bertz CT molecular complexity index is 593. The van der Waals surface area contributed by atoms with E-state index in [0.29, 0.717) is 5.92 Å². The highest BCUT2D eigenvalue weighted by Gasteiger charge is 2.54. The lowest BCUT2D eigenvalue weighted by molar-refractivity contribution is 0.0659. The summed E-state index contributed by atoms with van der Waals surface area (Å²) in [6.45, 7) is 0. The summed E-state index contributed by atoms with van der Waals surface area (Å²) in [4.78, 5) is 23.0. The fourth-order valence-electron chi connectivity index (χ4n) is 5.05. The normalized spacial score (nSPS) is 36.7. The zero-order chi connectivity index (χ0) is 14.6. The van der Waals surface area contributed by atoms with Crippen molar-refractivity contribution in [1.82, 2.24) is 5.32 Å². The Morgan fingerprint density at radius 1 is 1.10 bits per heavy atom. The first-order chi connectivity index (χ1) is 10.1. The zero-order valence-electron chi connectivity index (χ0n) is 11.7. The van der Waals surface area contributed by atoms with Gasteiger partial charge in [0.05, 0.1) is 0 Å². The molecule has 0 aliphatic heterocycles. The van der Waals surface area contributed by atoms with E-state index in [0.717, 1.165) is 24.2 Å². The van der Waals surface area contributed by atoms with Gasteiger partial charge in [-0.25, -0.2) is 4.79 Å². The van der Waals surface area contributed by atoms with Crippen LogP contribution < -0.4 is 5.32 Å². The predicted molar refractivity (Wildman–Crippen MR) is 74.0 cm³/mol. The Kier molecular flexibility index (Phi) is 2.84. The van der Waals surface area contributed by atoms with Gasteiger partial charge in [-0.3, -0.25) is 4.79 Å². The number of amides is 1. The van der Waals surface area contributed by atoms with E-state index in [1.54, 1.807) is 0 Å². The maximum Gasteiger partial charge on any atom is 0.371 e. The average molecular weight is 289 g/mol. The van der Waals surface area contributed by atoms with E-state index in [1.165, 1.54) is 37.8 Å². The first kappa shape index (κ1) is 12.9. The number of hydrogen-bond acceptors (Lipinski definition) is 3. The molecule has 5 unspecified atom stereocenters. The first-order valence-electron chi connectivity index (χ1n) is 7.77. The topological polar surface area (TPSA) is 79.5 Å². The van der Waals surface area contributed by atoms with Crippen LogP contribution in [0.3, 0.4) is 0 Å². The number of fused-ring (bicyclic) bond motifs is 5. The van der Waals surface area contributed by atoms with Crippen molar-refractivity contribution in [3.05, 3.63) is 23.7 Å². The summed E-state index contributed by atoms with van der Waals surface area (Å²) in [6.07, 6.45) is 6.33. The molecule has 2 bridgehead atoms. The minimum Gasteiger partial charge on any atom is -0.475 e. The molecule has 0 aromatic carbocycles. The summed E-state index contributed by atoms with van der Waals surface area (Å²) in [5, 5.41) is 11.9. The maximum atomic E-state index is 12.2. The number of nitrogens with one attached hydrogen (secondary N) is 1. The van der Waals surface area contributed by atoms with Crippen molar-refractivity contribution < 1.29 is 19.1 Å². The quantitative estimate of drug-likeness (QED) is 0.896. The van der Waals surface area contributed by atoms with E-state index in [1.807, 2.05) is 0 Å². The standard InChI is InChI=1S/C16H19NO4/c18-15(13-4-5-14(21-13)16(19)20)17-12-7-8-6-11(12)10-3-1-2-9(8)10/h4-5,8-12H,1-3,6-7H2,(H,17,18)(H,19,20). The lowest BCUT2D eigenvalue weighted by Gasteiger charge is -2.31. The zero-order valence-corrected chi connectivity index (χ0v) is 11.7. The van der Waals surface area contributed by atoms with Crippen LogP contribution in [-0.4, -0.2) is 23.0 Å². The van der Waals surface area contributed by atoms with E-state index in [4.69, 9.17) is 9.52 Å². The van der Waals surface area contributed by atoms with E-state index in [-0.39, 0.29) is 23.5 Å². The van der Waals surface area contributed by atoms with Gasteiger partial charge in [-0.2, -0.15) is 0 Å². The summed E-state index contributed by atoms with van der Waals surface area (Å²) in [5.74, 6) is 1.55. The smallest absolute Gasteiger partial charge is 0.371 e. The van der Waals surface area contributed by atoms with Gasteiger partial charge in [0.1, 0.15) is 0 Å². The Morgan fingerprint density at radius 3 is 2.62 bits per heavy atom. The highest BCUT2D eigenvalue weighted by atomic mass is 16.4. The van der Waals surface area contributed by atoms with Crippen molar-refractivity contribution in [1.29, 1.82) is 0 Å². The lowest BCUT2D eigenvalue weighted by Crippen LogP contribution is -2.42. The number of aromatic carboxylic acids is 1. The van der Waals surface area contributed by atoms with Gasteiger partial charge in [0.25, 0.3) is 5.91 Å². The van der Waals surface area contributed by atoms with Gasteiger partial charge in [-0.15, -0.1) is 0 Å². The van der Waals surface area contributed by atoms with Crippen LogP contribution >= 0.6 is 0 Å². The Hall–Kier alpha value is -1.78. The molecule has 4 rings (SSSR count).